The van der Waals surface area contributed by atoms with E-state index in [2.05, 4.69) is 0 Å². The third-order valence-electron chi connectivity index (χ3n) is 2.32. The highest BCUT2D eigenvalue weighted by Gasteiger charge is 2.30. The summed E-state index contributed by atoms with van der Waals surface area (Å²) in [5.74, 6) is 0. The quantitative estimate of drug-likeness (QED) is 0.491. The molecule has 0 saturated carbocycles. The zero-order chi connectivity index (χ0) is 12.6. The summed E-state index contributed by atoms with van der Waals surface area (Å²) in [6, 6.07) is 5.18. The summed E-state index contributed by atoms with van der Waals surface area (Å²) in [5.41, 5.74) is 1.13. The van der Waals surface area contributed by atoms with Crippen LogP contribution >= 0.6 is 32.9 Å². The Morgan fingerprint density at radius 1 is 1.06 bits per heavy atom. The van der Waals surface area contributed by atoms with Crippen LogP contribution in [0.4, 0.5) is 13.2 Å². The molecule has 0 spiro atoms. The largest absolute Gasteiger partial charge is 0.416 e. The van der Waals surface area contributed by atoms with E-state index < -0.39 is 11.7 Å². The number of halogens is 3. The van der Waals surface area contributed by atoms with Gasteiger partial charge in [0.25, 0.3) is 0 Å². The van der Waals surface area contributed by atoms with Crippen LogP contribution in [0.25, 0.3) is 10.4 Å². The van der Waals surface area contributed by atoms with Crippen molar-refractivity contribution in [1.82, 2.24) is 0 Å². The van der Waals surface area contributed by atoms with Gasteiger partial charge < -0.3 is 0 Å². The third kappa shape index (κ3) is 2.59. The van der Waals surface area contributed by atoms with Crippen LogP contribution in [0.3, 0.4) is 0 Å². The van der Waals surface area contributed by atoms with Gasteiger partial charge in [-0.05, 0) is 30.2 Å². The van der Waals surface area contributed by atoms with Gasteiger partial charge >= 0.3 is 6.18 Å². The molecule has 2 rings (SSSR count). The minimum atomic E-state index is -4.28. The van der Waals surface area contributed by atoms with E-state index in [4.69, 9.17) is 12.2 Å². The van der Waals surface area contributed by atoms with Crippen molar-refractivity contribution in [2.45, 2.75) is 13.1 Å². The normalized spacial score (nSPS) is 11.8. The van der Waals surface area contributed by atoms with Gasteiger partial charge in [0.05, 0.1) is 10.4 Å². The average molecular weight is 292 g/mol. The summed E-state index contributed by atoms with van der Waals surface area (Å²) >= 11 is 5.11. The molecule has 90 valence electrons. The minimum absolute atomic E-state index is 0.627. The van der Waals surface area contributed by atoms with Crippen molar-refractivity contribution >= 4 is 32.9 Å². The standard InChI is InChI=1S/C11H7F3S3/c1-6-9(16-17-10(6)15)7-2-4-8(5-3-7)11(12,13)14/h2-5H,1H3. The summed E-state index contributed by atoms with van der Waals surface area (Å²) in [7, 11) is 2.97. The fraction of sp³-hybridized carbons (Fsp3) is 0.182. The molecule has 0 amide bonds. The van der Waals surface area contributed by atoms with Gasteiger partial charge in [-0.15, -0.1) is 0 Å². The van der Waals surface area contributed by atoms with Crippen LogP contribution in [-0.2, 0) is 6.18 Å². The highest BCUT2D eigenvalue weighted by molar-refractivity contribution is 7.80. The van der Waals surface area contributed by atoms with E-state index in [-0.39, 0.29) is 0 Å². The van der Waals surface area contributed by atoms with Crippen LogP contribution in [0.1, 0.15) is 11.1 Å². The van der Waals surface area contributed by atoms with Crippen LogP contribution in [0.15, 0.2) is 24.3 Å². The van der Waals surface area contributed by atoms with Crippen molar-refractivity contribution in [3.8, 4) is 10.4 Å². The van der Waals surface area contributed by atoms with E-state index in [0.717, 1.165) is 32.0 Å². The molecule has 0 N–H and O–H groups in total. The average Bonchev–Trinajstić information content (AvgIpc) is 2.59. The molecular weight excluding hydrogens is 285 g/mol. The molecule has 17 heavy (non-hydrogen) atoms. The topological polar surface area (TPSA) is 0 Å². The first-order chi connectivity index (χ1) is 7.89. The Hall–Kier alpha value is -0.720. The molecular formula is C11H7F3S3. The Morgan fingerprint density at radius 2 is 1.65 bits per heavy atom. The molecule has 0 bridgehead atoms. The van der Waals surface area contributed by atoms with Crippen molar-refractivity contribution in [3.63, 3.8) is 0 Å². The fourth-order valence-electron chi connectivity index (χ4n) is 1.37. The van der Waals surface area contributed by atoms with Gasteiger partial charge in [0.2, 0.25) is 0 Å². The smallest absolute Gasteiger partial charge is 0.166 e. The molecule has 0 aliphatic carbocycles. The SMILES string of the molecule is Cc1c(-c2ccc(C(F)(F)F)cc2)ssc1=S. The van der Waals surface area contributed by atoms with E-state index >= 15 is 0 Å². The molecule has 6 heteroatoms. The minimum Gasteiger partial charge on any atom is -0.166 e. The maximum atomic E-state index is 12.4. The van der Waals surface area contributed by atoms with E-state index in [1.54, 1.807) is 0 Å². The van der Waals surface area contributed by atoms with E-state index in [0.29, 0.717) is 0 Å². The van der Waals surface area contributed by atoms with Crippen molar-refractivity contribution in [3.05, 3.63) is 39.2 Å². The second-order valence-corrected chi connectivity index (χ2v) is 6.30. The van der Waals surface area contributed by atoms with Gasteiger partial charge in [-0.1, -0.05) is 45.0 Å². The molecule has 0 aliphatic rings. The Morgan fingerprint density at radius 3 is 2.06 bits per heavy atom. The summed E-state index contributed by atoms with van der Waals surface area (Å²) in [6.07, 6.45) is -4.28. The Balaban J connectivity index is 2.43. The van der Waals surface area contributed by atoms with Gasteiger partial charge in [-0.2, -0.15) is 13.2 Å². The summed E-state index contributed by atoms with van der Waals surface area (Å²) in [6.45, 7) is 1.89. The van der Waals surface area contributed by atoms with E-state index in [9.17, 15) is 13.2 Å². The molecule has 2 aromatic rings. The predicted octanol–water partition coefficient (Wildman–Crippen LogP) is 5.53. The molecule has 0 fully saturated rings. The lowest BCUT2D eigenvalue weighted by Crippen LogP contribution is -2.03. The summed E-state index contributed by atoms with van der Waals surface area (Å²) < 4.78 is 38.0. The molecule has 0 atom stereocenters. The van der Waals surface area contributed by atoms with Crippen molar-refractivity contribution in [2.24, 2.45) is 0 Å². The predicted molar refractivity (Wildman–Crippen MR) is 68.2 cm³/mol. The second-order valence-electron chi connectivity index (χ2n) is 3.48. The molecule has 1 heterocycles. The van der Waals surface area contributed by atoms with Crippen LogP contribution in [-0.4, -0.2) is 0 Å². The first-order valence-corrected chi connectivity index (χ1v) is 7.23. The number of hydrogen-bond acceptors (Lipinski definition) is 3. The molecule has 0 radical (unpaired) electrons. The number of rotatable bonds is 1. The zero-order valence-electron chi connectivity index (χ0n) is 8.67. The van der Waals surface area contributed by atoms with Crippen molar-refractivity contribution in [2.75, 3.05) is 0 Å². The first kappa shape index (κ1) is 12.7. The zero-order valence-corrected chi connectivity index (χ0v) is 11.1. The molecule has 1 aromatic heterocycles. The Labute approximate surface area is 109 Å². The molecule has 0 nitrogen and oxygen atoms in total. The molecule has 0 aliphatic heterocycles. The van der Waals surface area contributed by atoms with Gasteiger partial charge in [0.15, 0.2) is 0 Å². The number of alkyl halides is 3. The first-order valence-electron chi connectivity index (χ1n) is 4.67. The van der Waals surface area contributed by atoms with Gasteiger partial charge in [-0.25, -0.2) is 0 Å². The van der Waals surface area contributed by atoms with E-state index in [1.165, 1.54) is 32.8 Å². The number of benzene rings is 1. The van der Waals surface area contributed by atoms with Crippen LogP contribution < -0.4 is 0 Å². The van der Waals surface area contributed by atoms with Crippen LogP contribution in [0.5, 0.6) is 0 Å². The van der Waals surface area contributed by atoms with Gasteiger partial charge in [-0.3, -0.25) is 0 Å². The lowest BCUT2D eigenvalue weighted by atomic mass is 10.1. The van der Waals surface area contributed by atoms with Crippen molar-refractivity contribution in [1.29, 1.82) is 0 Å². The second kappa shape index (κ2) is 4.51. The lowest BCUT2D eigenvalue weighted by Gasteiger charge is -2.07. The highest BCUT2D eigenvalue weighted by atomic mass is 32.9. The maximum absolute atomic E-state index is 12.4. The number of hydrogen-bond donors (Lipinski definition) is 0. The van der Waals surface area contributed by atoms with Crippen LogP contribution in [0, 0.1) is 10.7 Å². The third-order valence-corrected chi connectivity index (χ3v) is 5.69. The lowest BCUT2D eigenvalue weighted by molar-refractivity contribution is -0.137. The Kier molecular flexibility index (Phi) is 3.38. The summed E-state index contributed by atoms with van der Waals surface area (Å²) in [5, 5.41) is 0. The van der Waals surface area contributed by atoms with Crippen molar-refractivity contribution < 1.29 is 13.2 Å². The molecule has 0 saturated heterocycles. The molecule has 0 unspecified atom stereocenters. The van der Waals surface area contributed by atoms with Crippen LogP contribution in [0.2, 0.25) is 0 Å². The molecule has 1 aromatic carbocycles. The van der Waals surface area contributed by atoms with Gasteiger partial charge in [0.1, 0.15) is 3.82 Å². The maximum Gasteiger partial charge on any atom is 0.416 e. The Bertz CT molecular complexity index is 575. The summed E-state index contributed by atoms with van der Waals surface area (Å²) in [4.78, 5) is 0.953. The van der Waals surface area contributed by atoms with E-state index in [1.807, 2.05) is 6.92 Å². The fourth-order valence-corrected chi connectivity index (χ4v) is 4.27. The monoisotopic (exact) mass is 292 g/mol. The highest BCUT2D eigenvalue weighted by Crippen LogP contribution is 2.36. The van der Waals surface area contributed by atoms with Gasteiger partial charge in [0, 0.05) is 0 Å².